The summed E-state index contributed by atoms with van der Waals surface area (Å²) in [5.74, 6) is 0.173. The summed E-state index contributed by atoms with van der Waals surface area (Å²) >= 11 is 0. The van der Waals surface area contributed by atoms with Gasteiger partial charge in [0, 0.05) is 35.9 Å². The van der Waals surface area contributed by atoms with E-state index in [1.54, 1.807) is 0 Å². The fourth-order valence-electron chi connectivity index (χ4n) is 2.28. The Labute approximate surface area is 106 Å². The molecule has 94 valence electrons. The van der Waals surface area contributed by atoms with E-state index in [4.69, 9.17) is 5.73 Å². The summed E-state index contributed by atoms with van der Waals surface area (Å²) < 4.78 is 1.98. The number of nitrogens with zero attached hydrogens (tertiary/aromatic N) is 2. The van der Waals surface area contributed by atoms with Gasteiger partial charge in [-0.1, -0.05) is 0 Å². The Hall–Kier alpha value is -1.97. The van der Waals surface area contributed by atoms with Crippen molar-refractivity contribution in [1.82, 2.24) is 9.47 Å². The van der Waals surface area contributed by atoms with Crippen molar-refractivity contribution in [3.63, 3.8) is 0 Å². The lowest BCUT2D eigenvalue weighted by Gasteiger charge is -2.17. The minimum absolute atomic E-state index is 0.173. The Morgan fingerprint density at radius 1 is 1.44 bits per heavy atom. The molecule has 1 saturated carbocycles. The first-order chi connectivity index (χ1) is 8.65. The molecule has 1 aromatic heterocycles. The van der Waals surface area contributed by atoms with Gasteiger partial charge in [0.1, 0.15) is 6.54 Å². The minimum atomic E-state index is 0.173. The molecule has 4 nitrogen and oxygen atoms in total. The maximum atomic E-state index is 12.1. The highest BCUT2D eigenvalue weighted by Crippen LogP contribution is 2.26. The normalized spacial score (nSPS) is 14.9. The van der Waals surface area contributed by atoms with Crippen molar-refractivity contribution in [2.75, 3.05) is 12.8 Å². The lowest BCUT2D eigenvalue weighted by molar-refractivity contribution is -0.130. The number of likely N-dealkylation sites (N-methyl/N-ethyl adjacent to an activating group) is 1. The van der Waals surface area contributed by atoms with Gasteiger partial charge in [-0.15, -0.1) is 0 Å². The van der Waals surface area contributed by atoms with E-state index < -0.39 is 0 Å². The number of anilines is 1. The Balaban J connectivity index is 1.84. The number of nitrogen functional groups attached to an aromatic ring is 1. The molecule has 1 heterocycles. The van der Waals surface area contributed by atoms with Crippen LogP contribution in [0.25, 0.3) is 10.9 Å². The molecule has 1 aromatic carbocycles. The van der Waals surface area contributed by atoms with Crippen LogP contribution < -0.4 is 5.73 Å². The number of benzene rings is 1. The van der Waals surface area contributed by atoms with Crippen molar-refractivity contribution in [2.45, 2.75) is 25.4 Å². The molecule has 18 heavy (non-hydrogen) atoms. The Morgan fingerprint density at radius 3 is 2.94 bits per heavy atom. The highest BCUT2D eigenvalue weighted by atomic mass is 16.2. The zero-order chi connectivity index (χ0) is 12.7. The second-order valence-electron chi connectivity index (χ2n) is 5.00. The fourth-order valence-corrected chi connectivity index (χ4v) is 2.28. The van der Waals surface area contributed by atoms with Crippen molar-refractivity contribution >= 4 is 22.5 Å². The van der Waals surface area contributed by atoms with Gasteiger partial charge in [0.15, 0.2) is 0 Å². The zero-order valence-electron chi connectivity index (χ0n) is 10.5. The largest absolute Gasteiger partial charge is 0.399 e. The zero-order valence-corrected chi connectivity index (χ0v) is 10.5. The average molecular weight is 243 g/mol. The maximum Gasteiger partial charge on any atom is 0.242 e. The number of fused-ring (bicyclic) bond motifs is 1. The summed E-state index contributed by atoms with van der Waals surface area (Å²) in [7, 11) is 1.89. The number of amides is 1. The average Bonchev–Trinajstić information content (AvgIpc) is 3.12. The van der Waals surface area contributed by atoms with E-state index >= 15 is 0 Å². The van der Waals surface area contributed by atoms with Crippen LogP contribution in [0.3, 0.4) is 0 Å². The van der Waals surface area contributed by atoms with E-state index in [0.29, 0.717) is 12.6 Å². The monoisotopic (exact) mass is 243 g/mol. The number of nitrogens with two attached hydrogens (primary N) is 1. The fraction of sp³-hybridized carbons (Fsp3) is 0.357. The Kier molecular flexibility index (Phi) is 2.51. The van der Waals surface area contributed by atoms with Gasteiger partial charge in [0.2, 0.25) is 5.91 Å². The number of carbonyl (C=O) groups excluding carboxylic acids is 1. The van der Waals surface area contributed by atoms with E-state index in [2.05, 4.69) is 0 Å². The highest BCUT2D eigenvalue weighted by Gasteiger charge is 2.29. The van der Waals surface area contributed by atoms with E-state index in [1.165, 1.54) is 0 Å². The van der Waals surface area contributed by atoms with Crippen LogP contribution >= 0.6 is 0 Å². The van der Waals surface area contributed by atoms with E-state index in [-0.39, 0.29) is 5.91 Å². The summed E-state index contributed by atoms with van der Waals surface area (Å²) in [6, 6.07) is 8.23. The van der Waals surface area contributed by atoms with Gasteiger partial charge < -0.3 is 15.2 Å². The van der Waals surface area contributed by atoms with Crippen molar-refractivity contribution in [2.24, 2.45) is 0 Å². The third-order valence-electron chi connectivity index (χ3n) is 3.59. The molecule has 0 unspecified atom stereocenters. The third kappa shape index (κ3) is 1.94. The predicted octanol–water partition coefficient (Wildman–Crippen LogP) is 1.84. The molecule has 4 heteroatoms. The highest BCUT2D eigenvalue weighted by molar-refractivity contribution is 5.85. The molecule has 2 aromatic rings. The van der Waals surface area contributed by atoms with Gasteiger partial charge in [-0.05, 0) is 37.1 Å². The quantitative estimate of drug-likeness (QED) is 0.836. The summed E-state index contributed by atoms with van der Waals surface area (Å²) in [6.45, 7) is 0.403. The lowest BCUT2D eigenvalue weighted by Crippen LogP contribution is -2.31. The van der Waals surface area contributed by atoms with Crippen LogP contribution in [0.15, 0.2) is 30.5 Å². The first-order valence-electron chi connectivity index (χ1n) is 6.25. The molecule has 0 saturated heterocycles. The smallest absolute Gasteiger partial charge is 0.242 e. The Morgan fingerprint density at radius 2 is 2.22 bits per heavy atom. The summed E-state index contributed by atoms with van der Waals surface area (Å²) in [5.41, 5.74) is 7.55. The van der Waals surface area contributed by atoms with Crippen molar-refractivity contribution in [1.29, 1.82) is 0 Å². The molecular weight excluding hydrogens is 226 g/mol. The van der Waals surface area contributed by atoms with E-state index in [0.717, 1.165) is 29.4 Å². The van der Waals surface area contributed by atoms with Crippen LogP contribution in [0.1, 0.15) is 12.8 Å². The van der Waals surface area contributed by atoms with Gasteiger partial charge in [0.25, 0.3) is 0 Å². The summed E-state index contributed by atoms with van der Waals surface area (Å²) in [4.78, 5) is 13.9. The molecule has 0 aliphatic heterocycles. The predicted molar refractivity (Wildman–Crippen MR) is 72.1 cm³/mol. The number of rotatable bonds is 3. The summed E-state index contributed by atoms with van der Waals surface area (Å²) in [5, 5.41) is 1.08. The molecule has 0 bridgehead atoms. The maximum absolute atomic E-state index is 12.1. The topological polar surface area (TPSA) is 51.3 Å². The Bertz CT molecular complexity index is 598. The first kappa shape index (κ1) is 11.1. The minimum Gasteiger partial charge on any atom is -0.399 e. The van der Waals surface area contributed by atoms with E-state index in [1.807, 2.05) is 47.0 Å². The van der Waals surface area contributed by atoms with Gasteiger partial charge in [-0.2, -0.15) is 0 Å². The molecule has 3 rings (SSSR count). The van der Waals surface area contributed by atoms with Crippen LogP contribution in [0.2, 0.25) is 0 Å². The number of aromatic nitrogens is 1. The van der Waals surface area contributed by atoms with Crippen molar-refractivity contribution < 1.29 is 4.79 Å². The second-order valence-corrected chi connectivity index (χ2v) is 5.00. The second kappa shape index (κ2) is 4.05. The molecule has 1 aliphatic rings. The van der Waals surface area contributed by atoms with Crippen LogP contribution in [0.4, 0.5) is 5.69 Å². The summed E-state index contributed by atoms with van der Waals surface area (Å²) in [6.07, 6.45) is 4.24. The molecular formula is C14H17N3O. The first-order valence-corrected chi connectivity index (χ1v) is 6.25. The molecule has 1 aliphatic carbocycles. The van der Waals surface area contributed by atoms with Crippen LogP contribution in [0.5, 0.6) is 0 Å². The molecule has 0 atom stereocenters. The molecule has 2 N–H and O–H groups in total. The number of hydrogen-bond donors (Lipinski definition) is 1. The SMILES string of the molecule is CN(C(=O)Cn1ccc2cc(N)ccc21)C1CC1. The molecule has 1 fully saturated rings. The van der Waals surface area contributed by atoms with Crippen LogP contribution in [-0.2, 0) is 11.3 Å². The van der Waals surface area contributed by atoms with Gasteiger partial charge >= 0.3 is 0 Å². The van der Waals surface area contributed by atoms with Gasteiger partial charge in [0.05, 0.1) is 0 Å². The number of carbonyl (C=O) groups is 1. The van der Waals surface area contributed by atoms with Gasteiger partial charge in [-0.3, -0.25) is 4.79 Å². The third-order valence-corrected chi connectivity index (χ3v) is 3.59. The molecule has 0 radical (unpaired) electrons. The van der Waals surface area contributed by atoms with Crippen LogP contribution in [-0.4, -0.2) is 28.5 Å². The molecule has 1 amide bonds. The number of hydrogen-bond acceptors (Lipinski definition) is 2. The molecule has 0 spiro atoms. The van der Waals surface area contributed by atoms with Crippen LogP contribution in [0, 0.1) is 0 Å². The van der Waals surface area contributed by atoms with E-state index in [9.17, 15) is 4.79 Å². The van der Waals surface area contributed by atoms with Crippen molar-refractivity contribution in [3.05, 3.63) is 30.5 Å². The van der Waals surface area contributed by atoms with Crippen molar-refractivity contribution in [3.8, 4) is 0 Å². The lowest BCUT2D eigenvalue weighted by atomic mass is 10.2. The standard InChI is InChI=1S/C14H17N3O/c1-16(12-3-4-12)14(18)9-17-7-6-10-8-11(15)2-5-13(10)17/h2,5-8,12H,3-4,9,15H2,1H3. The van der Waals surface area contributed by atoms with Gasteiger partial charge in [-0.25, -0.2) is 0 Å².